The van der Waals surface area contributed by atoms with E-state index in [1.165, 1.54) is 18.5 Å². The van der Waals surface area contributed by atoms with E-state index in [0.717, 1.165) is 39.1 Å². The van der Waals surface area contributed by atoms with E-state index in [2.05, 4.69) is 15.0 Å². The second kappa shape index (κ2) is 6.45. The maximum Gasteiger partial charge on any atom is 0.141 e. The molecule has 2 heterocycles. The van der Waals surface area contributed by atoms with E-state index in [1.54, 1.807) is 12.1 Å². The first-order chi connectivity index (χ1) is 12.2. The Labute approximate surface area is 144 Å². The molecule has 25 heavy (non-hydrogen) atoms. The summed E-state index contributed by atoms with van der Waals surface area (Å²) in [6, 6.07) is 16.2. The number of aromatic nitrogens is 3. The molecule has 4 aromatic rings. The minimum Gasteiger partial charge on any atom is -0.392 e. The predicted octanol–water partition coefficient (Wildman–Crippen LogP) is 3.85. The summed E-state index contributed by atoms with van der Waals surface area (Å²) in [7, 11) is 0. The molecule has 0 bridgehead atoms. The molecule has 2 aromatic heterocycles. The highest BCUT2D eigenvalue weighted by atomic mass is 19.1. The Morgan fingerprint density at radius 2 is 1.64 bits per heavy atom. The van der Waals surface area contributed by atoms with Crippen molar-refractivity contribution in [2.75, 3.05) is 0 Å². The summed E-state index contributed by atoms with van der Waals surface area (Å²) < 4.78 is 13.1. The number of halogens is 1. The number of hydrogen-bond donors (Lipinski definition) is 2. The van der Waals surface area contributed by atoms with E-state index in [1.807, 2.05) is 30.3 Å². The summed E-state index contributed by atoms with van der Waals surface area (Å²) in [5.74, 6) is -0.244. The van der Waals surface area contributed by atoms with Gasteiger partial charge in [0.1, 0.15) is 17.8 Å². The fourth-order valence-electron chi connectivity index (χ4n) is 2.87. The molecule has 124 valence electrons. The molecule has 2 N–H and O–H groups in total. The SMILES string of the molecule is OCc1ccc(-c2cc3c(Cc4ccc(F)cc4)ncnc3[nH]2)cc1. The molecular weight excluding hydrogens is 317 g/mol. The van der Waals surface area contributed by atoms with E-state index < -0.39 is 0 Å². The van der Waals surface area contributed by atoms with Gasteiger partial charge in [0.2, 0.25) is 0 Å². The molecule has 0 amide bonds. The van der Waals surface area contributed by atoms with Crippen LogP contribution in [0.1, 0.15) is 16.8 Å². The number of nitrogens with zero attached hydrogens (tertiary/aromatic N) is 2. The number of H-pyrrole nitrogens is 1. The average molecular weight is 333 g/mol. The average Bonchev–Trinajstić information content (AvgIpc) is 3.09. The molecule has 0 saturated carbocycles. The van der Waals surface area contributed by atoms with Crippen LogP contribution in [-0.2, 0) is 13.0 Å². The van der Waals surface area contributed by atoms with Crippen molar-refractivity contribution in [1.29, 1.82) is 0 Å². The standard InChI is InChI=1S/C20H16FN3O/c21-16-7-3-13(4-8-16)9-19-17-10-18(24-20(17)23-12-22-19)15-5-1-14(11-25)2-6-15/h1-8,10,12,25H,9,11H2,(H,22,23,24). The summed E-state index contributed by atoms with van der Waals surface area (Å²) in [5, 5.41) is 10.1. The van der Waals surface area contributed by atoms with Crippen LogP contribution in [0.25, 0.3) is 22.3 Å². The maximum atomic E-state index is 13.1. The Morgan fingerprint density at radius 3 is 2.36 bits per heavy atom. The van der Waals surface area contributed by atoms with Crippen LogP contribution < -0.4 is 0 Å². The first kappa shape index (κ1) is 15.5. The highest BCUT2D eigenvalue weighted by Crippen LogP contribution is 2.26. The van der Waals surface area contributed by atoms with Crippen LogP contribution >= 0.6 is 0 Å². The largest absolute Gasteiger partial charge is 0.392 e. The van der Waals surface area contributed by atoms with E-state index >= 15 is 0 Å². The van der Waals surface area contributed by atoms with Crippen molar-refractivity contribution in [1.82, 2.24) is 15.0 Å². The topological polar surface area (TPSA) is 61.8 Å². The van der Waals surface area contributed by atoms with Crippen molar-refractivity contribution in [3.8, 4) is 11.3 Å². The lowest BCUT2D eigenvalue weighted by atomic mass is 10.1. The molecule has 0 aliphatic carbocycles. The summed E-state index contributed by atoms with van der Waals surface area (Å²) in [6.07, 6.45) is 2.15. The lowest BCUT2D eigenvalue weighted by Gasteiger charge is -2.02. The molecule has 4 nitrogen and oxygen atoms in total. The van der Waals surface area contributed by atoms with Crippen molar-refractivity contribution in [3.05, 3.63) is 83.6 Å². The van der Waals surface area contributed by atoms with Gasteiger partial charge in [-0.2, -0.15) is 0 Å². The zero-order valence-corrected chi connectivity index (χ0v) is 13.4. The number of benzene rings is 2. The molecule has 5 heteroatoms. The minimum absolute atomic E-state index is 0.0281. The van der Waals surface area contributed by atoms with Crippen molar-refractivity contribution >= 4 is 11.0 Å². The van der Waals surface area contributed by atoms with Gasteiger partial charge in [0.15, 0.2) is 0 Å². The number of rotatable bonds is 4. The molecule has 0 unspecified atom stereocenters. The Bertz CT molecular complexity index is 1010. The Balaban J connectivity index is 1.71. The molecule has 0 radical (unpaired) electrons. The van der Waals surface area contributed by atoms with Crippen LogP contribution in [0.5, 0.6) is 0 Å². The molecular formula is C20H16FN3O. The van der Waals surface area contributed by atoms with E-state index in [4.69, 9.17) is 5.11 Å². The molecule has 0 atom stereocenters. The molecule has 0 spiro atoms. The normalized spacial score (nSPS) is 11.1. The molecule has 2 aromatic carbocycles. The summed E-state index contributed by atoms with van der Waals surface area (Å²) in [6.45, 7) is 0.0281. The van der Waals surface area contributed by atoms with Crippen LogP contribution in [0, 0.1) is 5.82 Å². The summed E-state index contributed by atoms with van der Waals surface area (Å²) in [4.78, 5) is 12.0. The van der Waals surface area contributed by atoms with Gasteiger partial charge in [-0.25, -0.2) is 14.4 Å². The van der Waals surface area contributed by atoms with Gasteiger partial charge in [-0.15, -0.1) is 0 Å². The Hall–Kier alpha value is -3.05. The predicted molar refractivity (Wildman–Crippen MR) is 94.5 cm³/mol. The summed E-state index contributed by atoms with van der Waals surface area (Å²) >= 11 is 0. The second-order valence-corrected chi connectivity index (χ2v) is 5.92. The van der Waals surface area contributed by atoms with E-state index in [0.29, 0.717) is 6.42 Å². The lowest BCUT2D eigenvalue weighted by molar-refractivity contribution is 0.282. The van der Waals surface area contributed by atoms with E-state index in [9.17, 15) is 4.39 Å². The third-order valence-corrected chi connectivity index (χ3v) is 4.24. The fraction of sp³-hybridized carbons (Fsp3) is 0.100. The maximum absolute atomic E-state index is 13.1. The molecule has 0 fully saturated rings. The highest BCUT2D eigenvalue weighted by Gasteiger charge is 2.10. The number of aromatic amines is 1. The number of fused-ring (bicyclic) bond motifs is 1. The van der Waals surface area contributed by atoms with Crippen LogP contribution in [0.15, 0.2) is 60.9 Å². The Morgan fingerprint density at radius 1 is 0.920 bits per heavy atom. The second-order valence-electron chi connectivity index (χ2n) is 5.92. The zero-order chi connectivity index (χ0) is 17.2. The van der Waals surface area contributed by atoms with Crippen LogP contribution in [0.2, 0.25) is 0 Å². The number of nitrogens with one attached hydrogen (secondary N) is 1. The first-order valence-electron chi connectivity index (χ1n) is 8.00. The number of hydrogen-bond acceptors (Lipinski definition) is 3. The van der Waals surface area contributed by atoms with Crippen molar-refractivity contribution in [2.45, 2.75) is 13.0 Å². The van der Waals surface area contributed by atoms with Crippen molar-refractivity contribution in [2.24, 2.45) is 0 Å². The third-order valence-electron chi connectivity index (χ3n) is 4.24. The van der Waals surface area contributed by atoms with Gasteiger partial charge in [0.05, 0.1) is 12.3 Å². The van der Waals surface area contributed by atoms with Crippen LogP contribution in [-0.4, -0.2) is 20.1 Å². The van der Waals surface area contributed by atoms with Gasteiger partial charge in [-0.3, -0.25) is 0 Å². The third kappa shape index (κ3) is 3.14. The van der Waals surface area contributed by atoms with Crippen molar-refractivity contribution < 1.29 is 9.50 Å². The van der Waals surface area contributed by atoms with Crippen LogP contribution in [0.4, 0.5) is 4.39 Å². The summed E-state index contributed by atoms with van der Waals surface area (Å²) in [5.41, 5.74) is 5.50. The van der Waals surface area contributed by atoms with Gasteiger partial charge in [-0.05, 0) is 34.9 Å². The zero-order valence-electron chi connectivity index (χ0n) is 13.4. The van der Waals surface area contributed by atoms with Gasteiger partial charge in [0, 0.05) is 17.5 Å². The van der Waals surface area contributed by atoms with E-state index in [-0.39, 0.29) is 12.4 Å². The highest BCUT2D eigenvalue weighted by molar-refractivity contribution is 5.85. The van der Waals surface area contributed by atoms with Gasteiger partial charge in [-0.1, -0.05) is 36.4 Å². The first-order valence-corrected chi connectivity index (χ1v) is 8.00. The van der Waals surface area contributed by atoms with Gasteiger partial charge < -0.3 is 10.1 Å². The molecule has 0 saturated heterocycles. The quantitative estimate of drug-likeness (QED) is 0.596. The monoisotopic (exact) mass is 333 g/mol. The smallest absolute Gasteiger partial charge is 0.141 e. The van der Waals surface area contributed by atoms with Crippen molar-refractivity contribution in [3.63, 3.8) is 0 Å². The molecule has 4 rings (SSSR count). The van der Waals surface area contributed by atoms with Crippen LogP contribution in [0.3, 0.4) is 0 Å². The molecule has 0 aliphatic rings. The Kier molecular flexibility index (Phi) is 3.99. The fourth-order valence-corrected chi connectivity index (χ4v) is 2.87. The van der Waals surface area contributed by atoms with Gasteiger partial charge >= 0.3 is 0 Å². The minimum atomic E-state index is -0.244. The molecule has 0 aliphatic heterocycles. The lowest BCUT2D eigenvalue weighted by Crippen LogP contribution is -1.94. The number of aliphatic hydroxyl groups is 1. The number of aliphatic hydroxyl groups excluding tert-OH is 1. The van der Waals surface area contributed by atoms with Gasteiger partial charge in [0.25, 0.3) is 0 Å².